The van der Waals surface area contributed by atoms with Gasteiger partial charge in [0.15, 0.2) is 0 Å². The van der Waals surface area contributed by atoms with Gasteiger partial charge in [0.1, 0.15) is 18.1 Å². The Labute approximate surface area is 236 Å². The minimum Gasteiger partial charge on any atom is -0.430 e. The maximum atomic E-state index is 12.5. The summed E-state index contributed by atoms with van der Waals surface area (Å²) >= 11 is 0. The Morgan fingerprint density at radius 3 is 2.56 bits per heavy atom. The van der Waals surface area contributed by atoms with Gasteiger partial charge in [-0.2, -0.15) is 0 Å². The number of carbonyl (C=O) groups is 2. The van der Waals surface area contributed by atoms with Gasteiger partial charge in [0, 0.05) is 12.0 Å². The quantitative estimate of drug-likeness (QED) is 0.144. The highest BCUT2D eigenvalue weighted by molar-refractivity contribution is 5.75. The van der Waals surface area contributed by atoms with Crippen LogP contribution in [0, 0.1) is 52.8 Å². The second-order valence-electron chi connectivity index (χ2n) is 14.2. The lowest BCUT2D eigenvalue weighted by Gasteiger charge is -2.57. The first-order valence-corrected chi connectivity index (χ1v) is 15.8. The lowest BCUT2D eigenvalue weighted by atomic mass is 9.48. The zero-order valence-corrected chi connectivity index (χ0v) is 24.9. The molecule has 0 spiro atoms. The highest BCUT2D eigenvalue weighted by Crippen LogP contribution is 2.64. The lowest BCUT2D eigenvalue weighted by Crippen LogP contribution is -2.50. The summed E-state index contributed by atoms with van der Waals surface area (Å²) in [5.74, 6) is 7.19. The van der Waals surface area contributed by atoms with Crippen molar-refractivity contribution in [3.05, 3.63) is 41.5 Å². The Bertz CT molecular complexity index is 1040. The second kappa shape index (κ2) is 11.8. The average molecular weight is 535 g/mol. The van der Waals surface area contributed by atoms with E-state index in [4.69, 9.17) is 9.47 Å². The van der Waals surface area contributed by atoms with Crippen molar-refractivity contribution in [1.82, 2.24) is 0 Å². The van der Waals surface area contributed by atoms with E-state index in [1.54, 1.807) is 24.3 Å². The van der Waals surface area contributed by atoms with Gasteiger partial charge >= 0.3 is 6.16 Å². The van der Waals surface area contributed by atoms with Crippen LogP contribution in [0.3, 0.4) is 0 Å². The molecule has 0 bridgehead atoms. The monoisotopic (exact) mass is 534 g/mol. The van der Waals surface area contributed by atoms with Crippen LogP contribution in [-0.4, -0.2) is 18.5 Å². The van der Waals surface area contributed by atoms with E-state index in [-0.39, 0.29) is 11.5 Å². The fraction of sp³-hybridized carbons (Fsp3) is 0.714. The lowest BCUT2D eigenvalue weighted by molar-refractivity contribution is -0.0448. The van der Waals surface area contributed by atoms with Crippen molar-refractivity contribution in [1.29, 1.82) is 0 Å². The van der Waals surface area contributed by atoms with E-state index < -0.39 is 6.16 Å². The molecule has 0 radical (unpaired) electrons. The van der Waals surface area contributed by atoms with Crippen molar-refractivity contribution in [2.45, 2.75) is 105 Å². The molecule has 4 aliphatic rings. The number of rotatable bonds is 8. The van der Waals surface area contributed by atoms with Gasteiger partial charge < -0.3 is 9.47 Å². The first-order chi connectivity index (χ1) is 18.7. The maximum absolute atomic E-state index is 12.5. The predicted molar refractivity (Wildman–Crippen MR) is 156 cm³/mol. The van der Waals surface area contributed by atoms with Crippen LogP contribution >= 0.6 is 0 Å². The third-order valence-corrected chi connectivity index (χ3v) is 11.4. The van der Waals surface area contributed by atoms with E-state index in [0.717, 1.165) is 72.9 Å². The molecule has 9 atom stereocenters. The van der Waals surface area contributed by atoms with E-state index >= 15 is 0 Å². The number of aldehydes is 1. The van der Waals surface area contributed by atoms with E-state index in [1.807, 2.05) is 0 Å². The third-order valence-electron chi connectivity index (χ3n) is 11.4. The van der Waals surface area contributed by atoms with Crippen LogP contribution in [0.2, 0.25) is 0 Å². The van der Waals surface area contributed by atoms with E-state index in [1.165, 1.54) is 50.5 Å². The summed E-state index contributed by atoms with van der Waals surface area (Å²) in [5, 5.41) is 0. The average Bonchev–Trinajstić information content (AvgIpc) is 3.36. The minimum atomic E-state index is -0.648. The van der Waals surface area contributed by atoms with Crippen molar-refractivity contribution in [2.75, 3.05) is 0 Å². The van der Waals surface area contributed by atoms with Gasteiger partial charge in [-0.05, 0) is 116 Å². The largest absolute Gasteiger partial charge is 0.514 e. The Kier molecular flexibility index (Phi) is 8.59. The first kappa shape index (κ1) is 28.4. The number of allylic oxidation sites excluding steroid dienone is 1. The summed E-state index contributed by atoms with van der Waals surface area (Å²) in [6, 6.07) is 6.54. The SMILES string of the molecule is CC(C)CCC[C@H](C)[C@@H]1CC[C@@H]2[C@@H]3CC=C4C[C@H](OC(=O)Oc5ccc(C=O)cc5)CC[C@]4(C)[C@@H]3C[C@@H](C)[C@H]21. The molecule has 0 amide bonds. The van der Waals surface area contributed by atoms with E-state index in [9.17, 15) is 9.59 Å². The molecule has 39 heavy (non-hydrogen) atoms. The molecule has 0 unspecified atom stereocenters. The molecule has 0 aromatic heterocycles. The van der Waals surface area contributed by atoms with E-state index in [0.29, 0.717) is 11.3 Å². The summed E-state index contributed by atoms with van der Waals surface area (Å²) in [6.45, 7) is 12.4. The molecule has 5 rings (SSSR count). The number of fused-ring (bicyclic) bond motifs is 5. The molecule has 1 aromatic rings. The second-order valence-corrected chi connectivity index (χ2v) is 14.2. The molecule has 1 aromatic carbocycles. The smallest absolute Gasteiger partial charge is 0.430 e. The standard InChI is InChI=1S/C35H50O4/c1-22(2)7-6-8-23(3)29-15-16-31-30-14-11-26-20-28(17-18-35(26,5)32(30)19-24(4)33(29)31)39-34(37)38-27-12-9-25(21-36)10-13-27/h9-13,21-24,28-33H,6-8,14-20H2,1-5H3/t23-,24+,28+,29-,30-,31+,32+,33-,35-/m0/s1. The Morgan fingerprint density at radius 2 is 1.85 bits per heavy atom. The van der Waals surface area contributed by atoms with Gasteiger partial charge in [0.05, 0.1) is 0 Å². The number of ether oxygens (including phenoxy) is 2. The molecule has 0 saturated heterocycles. The molecule has 3 saturated carbocycles. The molecular weight excluding hydrogens is 484 g/mol. The van der Waals surface area contributed by atoms with Crippen LogP contribution in [0.4, 0.5) is 4.79 Å². The van der Waals surface area contributed by atoms with Crippen LogP contribution in [0.1, 0.15) is 109 Å². The van der Waals surface area contributed by atoms with Crippen molar-refractivity contribution in [3.63, 3.8) is 0 Å². The Balaban J connectivity index is 1.21. The van der Waals surface area contributed by atoms with Crippen molar-refractivity contribution >= 4 is 12.4 Å². The molecular formula is C35H50O4. The van der Waals surface area contributed by atoms with E-state index in [2.05, 4.69) is 40.7 Å². The predicted octanol–water partition coefficient (Wildman–Crippen LogP) is 9.28. The molecule has 0 heterocycles. The van der Waals surface area contributed by atoms with Gasteiger partial charge in [-0.3, -0.25) is 4.79 Å². The van der Waals surface area contributed by atoms with Crippen LogP contribution in [0.25, 0.3) is 0 Å². The summed E-state index contributed by atoms with van der Waals surface area (Å²) in [7, 11) is 0. The number of hydrogen-bond acceptors (Lipinski definition) is 4. The van der Waals surface area contributed by atoms with Crippen LogP contribution in [0.5, 0.6) is 5.75 Å². The molecule has 4 nitrogen and oxygen atoms in total. The van der Waals surface area contributed by atoms with Crippen LogP contribution in [0.15, 0.2) is 35.9 Å². The minimum absolute atomic E-state index is 0.126. The molecule has 0 aliphatic heterocycles. The first-order valence-electron chi connectivity index (χ1n) is 15.8. The van der Waals surface area contributed by atoms with Gasteiger partial charge in [0.25, 0.3) is 0 Å². The van der Waals surface area contributed by atoms with Crippen LogP contribution < -0.4 is 4.74 Å². The van der Waals surface area contributed by atoms with Gasteiger partial charge in [-0.1, -0.05) is 65.5 Å². The molecule has 3 fully saturated rings. The molecule has 4 aliphatic carbocycles. The van der Waals surface area contributed by atoms with Gasteiger partial charge in [0.2, 0.25) is 0 Å². The summed E-state index contributed by atoms with van der Waals surface area (Å²) in [6.07, 6.45) is 15.0. The zero-order valence-electron chi connectivity index (χ0n) is 24.9. The maximum Gasteiger partial charge on any atom is 0.514 e. The van der Waals surface area contributed by atoms with Crippen molar-refractivity contribution < 1.29 is 19.1 Å². The Morgan fingerprint density at radius 1 is 1.08 bits per heavy atom. The summed E-state index contributed by atoms with van der Waals surface area (Å²) in [5.41, 5.74) is 2.31. The normalized spacial score (nSPS) is 36.3. The third kappa shape index (κ3) is 5.86. The Hall–Kier alpha value is -2.10. The fourth-order valence-corrected chi connectivity index (χ4v) is 9.45. The van der Waals surface area contributed by atoms with Crippen LogP contribution in [-0.2, 0) is 4.74 Å². The number of carbonyl (C=O) groups excluding carboxylic acids is 2. The highest BCUT2D eigenvalue weighted by atomic mass is 16.7. The highest BCUT2D eigenvalue weighted by Gasteiger charge is 2.56. The number of hydrogen-bond donors (Lipinski definition) is 0. The van der Waals surface area contributed by atoms with Crippen molar-refractivity contribution in [3.8, 4) is 5.75 Å². The topological polar surface area (TPSA) is 52.6 Å². The van der Waals surface area contributed by atoms with Gasteiger partial charge in [-0.25, -0.2) is 4.79 Å². The molecule has 4 heteroatoms. The summed E-state index contributed by atoms with van der Waals surface area (Å²) < 4.78 is 11.2. The molecule has 0 N–H and O–H groups in total. The molecule has 214 valence electrons. The number of benzene rings is 1. The van der Waals surface area contributed by atoms with Crippen molar-refractivity contribution in [2.24, 2.45) is 52.8 Å². The fourth-order valence-electron chi connectivity index (χ4n) is 9.45. The zero-order chi connectivity index (χ0) is 27.7. The van der Waals surface area contributed by atoms with Gasteiger partial charge in [-0.15, -0.1) is 0 Å². The summed E-state index contributed by atoms with van der Waals surface area (Å²) in [4.78, 5) is 23.4.